The molecule has 2 aromatic rings. The van der Waals surface area contributed by atoms with E-state index < -0.39 is 4.92 Å². The Hall–Kier alpha value is -1.99. The van der Waals surface area contributed by atoms with Gasteiger partial charge in [-0.1, -0.05) is 6.07 Å². The summed E-state index contributed by atoms with van der Waals surface area (Å²) >= 11 is 0. The zero-order valence-corrected chi connectivity index (χ0v) is 10.1. The minimum absolute atomic E-state index is 0.0227. The Morgan fingerprint density at radius 1 is 1.56 bits per heavy atom. The fourth-order valence-electron chi connectivity index (χ4n) is 1.89. The second kappa shape index (κ2) is 5.11. The summed E-state index contributed by atoms with van der Waals surface area (Å²) in [7, 11) is 1.86. The molecule has 0 aliphatic rings. The van der Waals surface area contributed by atoms with E-state index in [-0.39, 0.29) is 5.82 Å². The van der Waals surface area contributed by atoms with Crippen LogP contribution in [0.1, 0.15) is 5.69 Å². The van der Waals surface area contributed by atoms with Crippen LogP contribution in [0.5, 0.6) is 0 Å². The summed E-state index contributed by atoms with van der Waals surface area (Å²) < 4.78 is 1.49. The van der Waals surface area contributed by atoms with E-state index in [4.69, 9.17) is 5.73 Å². The Balaban J connectivity index is 2.43. The Bertz CT molecular complexity index is 566. The van der Waals surface area contributed by atoms with Crippen LogP contribution < -0.4 is 5.73 Å². The van der Waals surface area contributed by atoms with Crippen molar-refractivity contribution in [3.05, 3.63) is 40.2 Å². The third kappa shape index (κ3) is 2.31. The van der Waals surface area contributed by atoms with Gasteiger partial charge in [0.2, 0.25) is 5.65 Å². The monoisotopic (exact) mass is 249 g/mol. The molecule has 2 N–H and O–H groups in total. The van der Waals surface area contributed by atoms with Crippen molar-refractivity contribution >= 4 is 11.5 Å². The highest BCUT2D eigenvalue weighted by molar-refractivity contribution is 5.48. The highest BCUT2D eigenvalue weighted by atomic mass is 16.6. The lowest BCUT2D eigenvalue weighted by Gasteiger charge is -2.12. The molecule has 0 unspecified atom stereocenters. The van der Waals surface area contributed by atoms with Crippen LogP contribution in [0.4, 0.5) is 5.82 Å². The van der Waals surface area contributed by atoms with Crippen LogP contribution in [-0.4, -0.2) is 39.3 Å². The van der Waals surface area contributed by atoms with E-state index >= 15 is 0 Å². The first-order valence-corrected chi connectivity index (χ1v) is 5.62. The second-order valence-electron chi connectivity index (χ2n) is 4.09. The number of nitrogens with zero attached hydrogens (tertiary/aromatic N) is 4. The van der Waals surface area contributed by atoms with Crippen LogP contribution in [0.15, 0.2) is 24.4 Å². The van der Waals surface area contributed by atoms with Gasteiger partial charge in [-0.15, -0.1) is 0 Å². The molecule has 0 spiro atoms. The molecule has 0 aliphatic heterocycles. The van der Waals surface area contributed by atoms with E-state index in [9.17, 15) is 10.1 Å². The molecule has 0 saturated carbocycles. The third-order valence-corrected chi connectivity index (χ3v) is 2.68. The lowest BCUT2D eigenvalue weighted by atomic mass is 10.4. The van der Waals surface area contributed by atoms with Gasteiger partial charge in [-0.3, -0.25) is 4.90 Å². The molecule has 0 saturated heterocycles. The summed E-state index contributed by atoms with van der Waals surface area (Å²) in [5, 5.41) is 11.1. The lowest BCUT2D eigenvalue weighted by molar-refractivity contribution is -0.391. The molecule has 0 aromatic carbocycles. The molecule has 0 radical (unpaired) electrons. The number of likely N-dealkylation sites (N-methyl/N-ethyl adjacent to an activating group) is 1. The van der Waals surface area contributed by atoms with Gasteiger partial charge < -0.3 is 15.8 Å². The molecule has 0 atom stereocenters. The molecule has 0 fully saturated rings. The van der Waals surface area contributed by atoms with E-state index in [1.54, 1.807) is 24.4 Å². The fraction of sp³-hybridized carbons (Fsp3) is 0.364. The number of hydrogen-bond acceptors (Lipinski definition) is 5. The molecule has 0 amide bonds. The summed E-state index contributed by atoms with van der Waals surface area (Å²) in [5.74, 6) is 0.0227. The van der Waals surface area contributed by atoms with Crippen LogP contribution >= 0.6 is 0 Å². The van der Waals surface area contributed by atoms with E-state index in [1.807, 2.05) is 11.9 Å². The first kappa shape index (κ1) is 12.5. The van der Waals surface area contributed by atoms with E-state index in [0.29, 0.717) is 31.0 Å². The largest absolute Gasteiger partial charge is 0.358 e. The van der Waals surface area contributed by atoms with Crippen molar-refractivity contribution in [2.45, 2.75) is 6.54 Å². The van der Waals surface area contributed by atoms with Gasteiger partial charge in [0.15, 0.2) is 5.69 Å². The van der Waals surface area contributed by atoms with Crippen LogP contribution in [0, 0.1) is 10.1 Å². The smallest absolute Gasteiger partial charge is 0.352 e. The van der Waals surface area contributed by atoms with Crippen LogP contribution in [0.3, 0.4) is 0 Å². The van der Waals surface area contributed by atoms with Crippen molar-refractivity contribution < 1.29 is 4.92 Å². The van der Waals surface area contributed by atoms with Gasteiger partial charge >= 0.3 is 5.82 Å². The molecule has 7 nitrogen and oxygen atoms in total. The molecule has 7 heteroatoms. The number of nitrogens with two attached hydrogens (primary N) is 1. The number of fused-ring (bicyclic) bond motifs is 1. The fourth-order valence-corrected chi connectivity index (χ4v) is 1.89. The zero-order valence-electron chi connectivity index (χ0n) is 10.1. The summed E-state index contributed by atoms with van der Waals surface area (Å²) in [5.41, 5.74) is 6.50. The van der Waals surface area contributed by atoms with Crippen LogP contribution in [0.2, 0.25) is 0 Å². The quantitative estimate of drug-likeness (QED) is 0.620. The molecule has 2 aromatic heterocycles. The molecule has 0 bridgehead atoms. The van der Waals surface area contributed by atoms with Gasteiger partial charge in [-0.2, -0.15) is 4.40 Å². The highest BCUT2D eigenvalue weighted by Gasteiger charge is 2.22. The van der Waals surface area contributed by atoms with Gasteiger partial charge in [0.05, 0.1) is 6.20 Å². The first-order chi connectivity index (χ1) is 8.63. The molecule has 0 aliphatic carbocycles. The molecule has 2 heterocycles. The highest BCUT2D eigenvalue weighted by Crippen LogP contribution is 2.21. The van der Waals surface area contributed by atoms with Gasteiger partial charge in [0.25, 0.3) is 0 Å². The Morgan fingerprint density at radius 3 is 3.00 bits per heavy atom. The summed E-state index contributed by atoms with van der Waals surface area (Å²) in [4.78, 5) is 16.9. The van der Waals surface area contributed by atoms with Gasteiger partial charge in [0, 0.05) is 25.7 Å². The van der Waals surface area contributed by atoms with Crippen molar-refractivity contribution in [2.75, 3.05) is 20.1 Å². The third-order valence-electron chi connectivity index (χ3n) is 2.68. The second-order valence-corrected chi connectivity index (χ2v) is 4.09. The maximum atomic E-state index is 11.1. The maximum Gasteiger partial charge on any atom is 0.352 e. The lowest BCUT2D eigenvalue weighted by Crippen LogP contribution is -2.25. The maximum absolute atomic E-state index is 11.1. The van der Waals surface area contributed by atoms with E-state index in [0.717, 1.165) is 0 Å². The van der Waals surface area contributed by atoms with Crippen molar-refractivity contribution in [1.29, 1.82) is 0 Å². The standard InChI is InChI=1S/C11H15N5O2/c1-14(7-5-12)8-9-11(16(17)18)15-6-3-2-4-10(15)13-9/h2-4,6H,5,7-8,12H2,1H3. The number of nitro groups is 1. The van der Waals surface area contributed by atoms with Gasteiger partial charge in [-0.05, 0) is 18.0 Å². The molecule has 2 rings (SSSR count). The van der Waals surface area contributed by atoms with Crippen LogP contribution in [-0.2, 0) is 6.54 Å². The summed E-state index contributed by atoms with van der Waals surface area (Å²) in [6, 6.07) is 5.30. The van der Waals surface area contributed by atoms with Crippen molar-refractivity contribution in [1.82, 2.24) is 14.3 Å². The minimum Gasteiger partial charge on any atom is -0.358 e. The Labute approximate surface area is 104 Å². The average molecular weight is 249 g/mol. The number of hydrogen-bond donors (Lipinski definition) is 1. The van der Waals surface area contributed by atoms with Gasteiger partial charge in [0.1, 0.15) is 0 Å². The predicted molar refractivity (Wildman–Crippen MR) is 67.2 cm³/mol. The Kier molecular flexibility index (Phi) is 3.54. The van der Waals surface area contributed by atoms with E-state index in [1.165, 1.54) is 4.40 Å². The van der Waals surface area contributed by atoms with Crippen molar-refractivity contribution in [3.63, 3.8) is 0 Å². The zero-order chi connectivity index (χ0) is 13.1. The minimum atomic E-state index is -0.397. The number of rotatable bonds is 5. The van der Waals surface area contributed by atoms with Crippen molar-refractivity contribution in [3.8, 4) is 0 Å². The summed E-state index contributed by atoms with van der Waals surface area (Å²) in [6.45, 7) is 1.60. The molecule has 96 valence electrons. The SMILES string of the molecule is CN(CCN)Cc1nc2ccccn2c1[N+](=O)[O-]. The van der Waals surface area contributed by atoms with Crippen molar-refractivity contribution in [2.24, 2.45) is 5.73 Å². The topological polar surface area (TPSA) is 89.7 Å². The number of pyridine rings is 1. The first-order valence-electron chi connectivity index (χ1n) is 5.62. The van der Waals surface area contributed by atoms with Crippen LogP contribution in [0.25, 0.3) is 5.65 Å². The average Bonchev–Trinajstić information content (AvgIpc) is 2.66. The van der Waals surface area contributed by atoms with E-state index in [2.05, 4.69) is 4.98 Å². The summed E-state index contributed by atoms with van der Waals surface area (Å²) in [6.07, 6.45) is 1.65. The number of aromatic nitrogens is 2. The number of imidazole rings is 1. The predicted octanol–water partition coefficient (Wildman–Crippen LogP) is 0.633. The molecular formula is C11H15N5O2. The molecular weight excluding hydrogens is 234 g/mol. The Morgan fingerprint density at radius 2 is 2.33 bits per heavy atom. The van der Waals surface area contributed by atoms with Gasteiger partial charge in [-0.25, -0.2) is 4.98 Å². The molecule has 18 heavy (non-hydrogen) atoms. The normalized spacial score (nSPS) is 11.3.